The monoisotopic (exact) mass is 378 g/mol. The molecule has 146 valence electrons. The summed E-state index contributed by atoms with van der Waals surface area (Å²) >= 11 is 0. The summed E-state index contributed by atoms with van der Waals surface area (Å²) in [6.45, 7) is 20.2. The van der Waals surface area contributed by atoms with Crippen LogP contribution in [0.5, 0.6) is 0 Å². The zero-order valence-corrected chi connectivity index (χ0v) is 18.1. The number of carbonyl (C=O) groups is 2. The minimum atomic E-state index is -2.09. The van der Waals surface area contributed by atoms with Crippen molar-refractivity contribution in [3.8, 4) is 0 Å². The zero-order valence-electron chi connectivity index (χ0n) is 17.1. The summed E-state index contributed by atoms with van der Waals surface area (Å²) < 4.78 is 12.1. The highest BCUT2D eigenvalue weighted by atomic mass is 28.4. The Balaban J connectivity index is 2.19. The summed E-state index contributed by atoms with van der Waals surface area (Å²) in [5.41, 5.74) is -0.655. The van der Waals surface area contributed by atoms with Crippen molar-refractivity contribution in [2.75, 3.05) is 0 Å². The van der Waals surface area contributed by atoms with Gasteiger partial charge in [0.15, 0.2) is 14.1 Å². The molecule has 2 aliphatic rings. The van der Waals surface area contributed by atoms with Gasteiger partial charge >= 0.3 is 5.97 Å². The van der Waals surface area contributed by atoms with Crippen molar-refractivity contribution in [2.24, 2.45) is 17.8 Å². The largest absolute Gasteiger partial charge is 0.457 e. The van der Waals surface area contributed by atoms with Crippen molar-refractivity contribution >= 4 is 20.1 Å². The van der Waals surface area contributed by atoms with Crippen LogP contribution in [0.4, 0.5) is 0 Å². The van der Waals surface area contributed by atoms with Crippen LogP contribution in [0, 0.1) is 17.8 Å². The summed E-state index contributed by atoms with van der Waals surface area (Å²) in [6.07, 6.45) is 5.34. The minimum absolute atomic E-state index is 0.00622. The van der Waals surface area contributed by atoms with Crippen LogP contribution >= 0.6 is 0 Å². The van der Waals surface area contributed by atoms with E-state index in [-0.39, 0.29) is 22.7 Å². The number of esters is 1. The molecular formula is C21H34O4Si. The van der Waals surface area contributed by atoms with Crippen molar-refractivity contribution < 1.29 is 18.8 Å². The fraction of sp³-hybridized carbons (Fsp3) is 0.714. The number of hydrogen-bond donors (Lipinski definition) is 0. The van der Waals surface area contributed by atoms with E-state index < -0.39 is 31.9 Å². The maximum absolute atomic E-state index is 13.0. The number of ketones is 1. The molecule has 1 spiro atoms. The SMILES string of the molecule is C=C[C@H]1CC[C@H](C=C)C12CC(C(=O)C(C)O[Si](C)(C)C(C)(C)C)C(=O)O2. The Bertz CT molecular complexity index is 586. The third kappa shape index (κ3) is 3.48. The molecule has 2 fully saturated rings. The van der Waals surface area contributed by atoms with E-state index in [1.165, 1.54) is 0 Å². The molecule has 1 aliphatic carbocycles. The van der Waals surface area contributed by atoms with Crippen LogP contribution in [-0.2, 0) is 18.8 Å². The first-order valence-electron chi connectivity index (χ1n) is 9.59. The Morgan fingerprint density at radius 1 is 1.27 bits per heavy atom. The Morgan fingerprint density at radius 3 is 2.19 bits per heavy atom. The molecule has 0 aromatic rings. The molecule has 26 heavy (non-hydrogen) atoms. The van der Waals surface area contributed by atoms with Gasteiger partial charge in [-0.15, -0.1) is 13.2 Å². The average molecular weight is 379 g/mol. The normalized spacial score (nSPS) is 29.5. The van der Waals surface area contributed by atoms with Gasteiger partial charge in [-0.3, -0.25) is 9.59 Å². The number of ether oxygens (including phenoxy) is 1. The van der Waals surface area contributed by atoms with E-state index >= 15 is 0 Å². The molecule has 2 rings (SSSR count). The standard InChI is InChI=1S/C21H34O4Si/c1-9-15-11-12-16(10-2)21(15)13-17(19(23)24-21)18(22)14(3)25-26(7,8)20(4,5)6/h9-10,14-17H,1-2,11-13H2,3-8H3/t14?,15-,16-,17?/m0/s1. The number of carbonyl (C=O) groups excluding carboxylic acids is 2. The van der Waals surface area contributed by atoms with E-state index in [0.717, 1.165) is 12.8 Å². The zero-order chi connectivity index (χ0) is 19.9. The summed E-state index contributed by atoms with van der Waals surface area (Å²) in [4.78, 5) is 25.6. The molecule has 4 nitrogen and oxygen atoms in total. The minimum Gasteiger partial charge on any atom is -0.457 e. The number of hydrogen-bond acceptors (Lipinski definition) is 4. The average Bonchev–Trinajstić information content (AvgIpc) is 3.04. The molecule has 0 radical (unpaired) electrons. The molecule has 0 aromatic heterocycles. The third-order valence-corrected chi connectivity index (χ3v) is 11.3. The third-order valence-electron chi connectivity index (χ3n) is 6.73. The van der Waals surface area contributed by atoms with Crippen LogP contribution < -0.4 is 0 Å². The van der Waals surface area contributed by atoms with Gasteiger partial charge in [-0.05, 0) is 37.9 Å². The van der Waals surface area contributed by atoms with Gasteiger partial charge in [-0.1, -0.05) is 32.9 Å². The molecular weight excluding hydrogens is 344 g/mol. The second-order valence-electron chi connectivity index (χ2n) is 9.32. The summed E-state index contributed by atoms with van der Waals surface area (Å²) in [5.74, 6) is -1.18. The maximum Gasteiger partial charge on any atom is 0.317 e. The van der Waals surface area contributed by atoms with Gasteiger partial charge in [0.25, 0.3) is 0 Å². The Labute approximate surface area is 159 Å². The fourth-order valence-electron chi connectivity index (χ4n) is 4.09. The maximum atomic E-state index is 13.0. The van der Waals surface area contributed by atoms with Crippen molar-refractivity contribution in [1.29, 1.82) is 0 Å². The first-order valence-corrected chi connectivity index (χ1v) is 12.5. The Kier molecular flexibility index (Phi) is 5.75. The van der Waals surface area contributed by atoms with Gasteiger partial charge in [0.2, 0.25) is 0 Å². The fourth-order valence-corrected chi connectivity index (χ4v) is 5.44. The number of rotatable bonds is 6. The first kappa shape index (κ1) is 21.1. The van der Waals surface area contributed by atoms with E-state index in [9.17, 15) is 9.59 Å². The van der Waals surface area contributed by atoms with E-state index in [0.29, 0.717) is 6.42 Å². The molecule has 4 atom stereocenters. The van der Waals surface area contributed by atoms with Crippen LogP contribution in [-0.4, -0.2) is 31.8 Å². The van der Waals surface area contributed by atoms with Crippen molar-refractivity contribution in [1.82, 2.24) is 0 Å². The summed E-state index contributed by atoms with van der Waals surface area (Å²) in [6, 6.07) is 0. The molecule has 1 saturated heterocycles. The first-order chi connectivity index (χ1) is 11.9. The molecule has 5 heteroatoms. The van der Waals surface area contributed by atoms with E-state index in [4.69, 9.17) is 9.16 Å². The van der Waals surface area contributed by atoms with E-state index in [2.05, 4.69) is 47.0 Å². The van der Waals surface area contributed by atoms with Crippen molar-refractivity contribution in [3.63, 3.8) is 0 Å². The molecule has 0 N–H and O–H groups in total. The predicted molar refractivity (Wildman–Crippen MR) is 106 cm³/mol. The summed E-state index contributed by atoms with van der Waals surface area (Å²) in [5, 5.41) is 0.00622. The van der Waals surface area contributed by atoms with E-state index in [1.54, 1.807) is 6.92 Å². The van der Waals surface area contributed by atoms with Gasteiger partial charge in [0, 0.05) is 18.3 Å². The molecule has 2 unspecified atom stereocenters. The smallest absolute Gasteiger partial charge is 0.317 e. The highest BCUT2D eigenvalue weighted by Crippen LogP contribution is 2.52. The second kappa shape index (κ2) is 7.08. The van der Waals surface area contributed by atoms with Crippen LogP contribution in [0.1, 0.15) is 47.0 Å². The van der Waals surface area contributed by atoms with Crippen LogP contribution in [0.15, 0.2) is 25.3 Å². The lowest BCUT2D eigenvalue weighted by Gasteiger charge is -2.38. The lowest BCUT2D eigenvalue weighted by atomic mass is 9.78. The van der Waals surface area contributed by atoms with Crippen LogP contribution in [0.2, 0.25) is 18.1 Å². The quantitative estimate of drug-likeness (QED) is 0.292. The molecule has 1 heterocycles. The molecule has 0 bridgehead atoms. The number of Topliss-reactive ketones (excluding diaryl/α,β-unsaturated/α-hetero) is 1. The van der Waals surface area contributed by atoms with Gasteiger partial charge in [0.1, 0.15) is 17.6 Å². The van der Waals surface area contributed by atoms with Crippen molar-refractivity contribution in [2.45, 2.75) is 76.8 Å². The topological polar surface area (TPSA) is 52.6 Å². The molecule has 0 aromatic carbocycles. The highest BCUT2D eigenvalue weighted by molar-refractivity contribution is 6.74. The molecule has 0 amide bonds. The molecule has 1 saturated carbocycles. The Hall–Kier alpha value is -1.20. The second-order valence-corrected chi connectivity index (χ2v) is 14.1. The van der Waals surface area contributed by atoms with Gasteiger partial charge in [-0.2, -0.15) is 0 Å². The van der Waals surface area contributed by atoms with Crippen LogP contribution in [0.25, 0.3) is 0 Å². The lowest BCUT2D eigenvalue weighted by molar-refractivity contribution is -0.155. The van der Waals surface area contributed by atoms with Gasteiger partial charge in [0.05, 0.1) is 0 Å². The lowest BCUT2D eigenvalue weighted by Crippen LogP contribution is -2.46. The summed E-state index contributed by atoms with van der Waals surface area (Å²) in [7, 11) is -2.09. The van der Waals surface area contributed by atoms with Crippen molar-refractivity contribution in [3.05, 3.63) is 25.3 Å². The van der Waals surface area contributed by atoms with E-state index in [1.807, 2.05) is 12.2 Å². The Morgan fingerprint density at radius 2 is 1.77 bits per heavy atom. The van der Waals surface area contributed by atoms with Gasteiger partial charge < -0.3 is 9.16 Å². The molecule has 1 aliphatic heterocycles. The van der Waals surface area contributed by atoms with Gasteiger partial charge in [-0.25, -0.2) is 0 Å². The van der Waals surface area contributed by atoms with Crippen LogP contribution in [0.3, 0.4) is 0 Å². The predicted octanol–water partition coefficient (Wildman–Crippen LogP) is 4.67. The highest BCUT2D eigenvalue weighted by Gasteiger charge is 2.59.